The van der Waals surface area contributed by atoms with Gasteiger partial charge in [0.25, 0.3) is 5.91 Å². The molecule has 1 amide bonds. The van der Waals surface area contributed by atoms with E-state index in [0.717, 1.165) is 6.07 Å². The Balaban J connectivity index is 2.21. The molecule has 18 heavy (non-hydrogen) atoms. The van der Waals surface area contributed by atoms with E-state index in [4.69, 9.17) is 17.3 Å². The minimum atomic E-state index is -0.583. The SMILES string of the molecule is Cn1cc(N)cc1C(=O)Nc1ccc(Cl)c(F)c1. The van der Waals surface area contributed by atoms with E-state index in [2.05, 4.69) is 5.32 Å². The lowest BCUT2D eigenvalue weighted by atomic mass is 10.3. The van der Waals surface area contributed by atoms with E-state index in [9.17, 15) is 9.18 Å². The second-order valence-electron chi connectivity index (χ2n) is 3.85. The fourth-order valence-corrected chi connectivity index (χ4v) is 1.70. The van der Waals surface area contributed by atoms with Gasteiger partial charge in [-0.2, -0.15) is 0 Å². The van der Waals surface area contributed by atoms with E-state index in [-0.39, 0.29) is 10.9 Å². The number of carbonyl (C=O) groups excluding carboxylic acids is 1. The number of aromatic nitrogens is 1. The molecule has 0 atom stereocenters. The number of nitrogen functional groups attached to an aromatic ring is 1. The van der Waals surface area contributed by atoms with E-state index in [0.29, 0.717) is 17.1 Å². The van der Waals surface area contributed by atoms with Crippen LogP contribution in [-0.4, -0.2) is 10.5 Å². The van der Waals surface area contributed by atoms with Crippen molar-refractivity contribution in [1.82, 2.24) is 4.57 Å². The molecule has 1 heterocycles. The summed E-state index contributed by atoms with van der Waals surface area (Å²) in [4.78, 5) is 11.9. The van der Waals surface area contributed by atoms with Gasteiger partial charge in [-0.05, 0) is 24.3 Å². The first-order valence-corrected chi connectivity index (χ1v) is 5.53. The first-order chi connectivity index (χ1) is 8.47. The van der Waals surface area contributed by atoms with Crippen LogP contribution in [0.3, 0.4) is 0 Å². The fraction of sp³-hybridized carbons (Fsp3) is 0.0833. The summed E-state index contributed by atoms with van der Waals surface area (Å²) < 4.78 is 14.8. The Hall–Kier alpha value is -2.01. The van der Waals surface area contributed by atoms with Gasteiger partial charge in [0.2, 0.25) is 0 Å². The van der Waals surface area contributed by atoms with Gasteiger partial charge in [-0.1, -0.05) is 11.6 Å². The van der Waals surface area contributed by atoms with Crippen molar-refractivity contribution in [2.24, 2.45) is 7.05 Å². The summed E-state index contributed by atoms with van der Waals surface area (Å²) in [7, 11) is 1.70. The molecule has 0 saturated heterocycles. The fourth-order valence-electron chi connectivity index (χ4n) is 1.58. The highest BCUT2D eigenvalue weighted by molar-refractivity contribution is 6.30. The predicted octanol–water partition coefficient (Wildman–Crippen LogP) is 2.65. The number of aryl methyl sites for hydroxylation is 1. The van der Waals surface area contributed by atoms with Gasteiger partial charge in [-0.3, -0.25) is 4.79 Å². The van der Waals surface area contributed by atoms with Crippen molar-refractivity contribution in [3.8, 4) is 0 Å². The van der Waals surface area contributed by atoms with Gasteiger partial charge in [-0.15, -0.1) is 0 Å². The summed E-state index contributed by atoms with van der Waals surface area (Å²) in [6.45, 7) is 0. The van der Waals surface area contributed by atoms with E-state index >= 15 is 0 Å². The Morgan fingerprint density at radius 2 is 2.17 bits per heavy atom. The van der Waals surface area contributed by atoms with Crippen LogP contribution in [0, 0.1) is 5.82 Å². The molecule has 1 aromatic heterocycles. The maximum absolute atomic E-state index is 13.2. The Bertz CT molecular complexity index is 609. The van der Waals surface area contributed by atoms with E-state index in [1.807, 2.05) is 0 Å². The van der Waals surface area contributed by atoms with Gasteiger partial charge in [-0.25, -0.2) is 4.39 Å². The first kappa shape index (κ1) is 12.4. The number of nitrogens with one attached hydrogen (secondary N) is 1. The normalized spacial score (nSPS) is 10.4. The Kier molecular flexibility index (Phi) is 3.25. The van der Waals surface area contributed by atoms with Crippen LogP contribution in [0.25, 0.3) is 0 Å². The molecule has 0 saturated carbocycles. The Morgan fingerprint density at radius 3 is 2.72 bits per heavy atom. The van der Waals surface area contributed by atoms with Gasteiger partial charge in [0.05, 0.1) is 10.7 Å². The molecule has 0 unspecified atom stereocenters. The molecule has 4 nitrogen and oxygen atoms in total. The molecular weight excluding hydrogens is 257 g/mol. The van der Waals surface area contributed by atoms with Gasteiger partial charge in [0.15, 0.2) is 0 Å². The largest absolute Gasteiger partial charge is 0.397 e. The molecule has 0 aliphatic heterocycles. The van der Waals surface area contributed by atoms with Gasteiger partial charge in [0, 0.05) is 18.9 Å². The lowest BCUT2D eigenvalue weighted by Crippen LogP contribution is -2.15. The van der Waals surface area contributed by atoms with Crippen LogP contribution >= 0.6 is 11.6 Å². The molecule has 0 aliphatic carbocycles. The van der Waals surface area contributed by atoms with Crippen LogP contribution in [0.15, 0.2) is 30.5 Å². The minimum Gasteiger partial charge on any atom is -0.397 e. The van der Waals surface area contributed by atoms with Crippen LogP contribution < -0.4 is 11.1 Å². The lowest BCUT2D eigenvalue weighted by Gasteiger charge is -2.06. The second-order valence-corrected chi connectivity index (χ2v) is 4.26. The Morgan fingerprint density at radius 1 is 1.44 bits per heavy atom. The zero-order chi connectivity index (χ0) is 13.3. The highest BCUT2D eigenvalue weighted by Crippen LogP contribution is 2.19. The van der Waals surface area contributed by atoms with E-state index in [1.54, 1.807) is 23.9 Å². The monoisotopic (exact) mass is 267 g/mol. The van der Waals surface area contributed by atoms with Gasteiger partial charge in [0.1, 0.15) is 11.5 Å². The van der Waals surface area contributed by atoms with Crippen molar-refractivity contribution in [3.05, 3.63) is 47.0 Å². The number of nitrogens with zero attached hydrogens (tertiary/aromatic N) is 1. The number of amides is 1. The molecule has 6 heteroatoms. The highest BCUT2D eigenvalue weighted by Gasteiger charge is 2.11. The maximum Gasteiger partial charge on any atom is 0.272 e. The lowest BCUT2D eigenvalue weighted by molar-refractivity contribution is 0.101. The van der Waals surface area contributed by atoms with Gasteiger partial charge < -0.3 is 15.6 Å². The van der Waals surface area contributed by atoms with Crippen LogP contribution in [0.5, 0.6) is 0 Å². The summed E-state index contributed by atoms with van der Waals surface area (Å²) in [5, 5.41) is 2.58. The number of benzene rings is 1. The van der Waals surface area contributed by atoms with E-state index in [1.165, 1.54) is 12.1 Å². The third-order valence-electron chi connectivity index (χ3n) is 2.44. The molecule has 0 fully saturated rings. The summed E-state index contributed by atoms with van der Waals surface area (Å²) in [6.07, 6.45) is 1.62. The van der Waals surface area contributed by atoms with Crippen molar-refractivity contribution in [2.75, 3.05) is 11.1 Å². The van der Waals surface area contributed by atoms with Crippen molar-refractivity contribution >= 4 is 28.9 Å². The summed E-state index contributed by atoms with van der Waals surface area (Å²) in [5.74, 6) is -0.947. The quantitative estimate of drug-likeness (QED) is 0.879. The smallest absolute Gasteiger partial charge is 0.272 e. The third-order valence-corrected chi connectivity index (χ3v) is 2.74. The topological polar surface area (TPSA) is 60.0 Å². The molecule has 0 spiro atoms. The average molecular weight is 268 g/mol. The molecule has 94 valence electrons. The average Bonchev–Trinajstić information content (AvgIpc) is 2.63. The van der Waals surface area contributed by atoms with Gasteiger partial charge >= 0.3 is 0 Å². The first-order valence-electron chi connectivity index (χ1n) is 5.15. The number of carbonyl (C=O) groups is 1. The predicted molar refractivity (Wildman–Crippen MR) is 69.2 cm³/mol. The Labute approximate surface area is 108 Å². The van der Waals surface area contributed by atoms with E-state index < -0.39 is 5.82 Å². The van der Waals surface area contributed by atoms with Crippen molar-refractivity contribution < 1.29 is 9.18 Å². The summed E-state index contributed by atoms with van der Waals surface area (Å²) in [5.41, 5.74) is 6.79. The maximum atomic E-state index is 13.2. The summed E-state index contributed by atoms with van der Waals surface area (Å²) >= 11 is 5.55. The number of nitrogens with two attached hydrogens (primary N) is 1. The molecule has 3 N–H and O–H groups in total. The number of rotatable bonds is 2. The third kappa shape index (κ3) is 2.46. The molecule has 1 aromatic carbocycles. The molecule has 0 aliphatic rings. The minimum absolute atomic E-state index is 0.0103. The van der Waals surface area contributed by atoms with Crippen LogP contribution in [0.2, 0.25) is 5.02 Å². The number of anilines is 2. The number of hydrogen-bond donors (Lipinski definition) is 2. The second kappa shape index (κ2) is 4.70. The standard InChI is InChI=1S/C12H11ClFN3O/c1-17-6-7(15)4-11(17)12(18)16-8-2-3-9(13)10(14)5-8/h2-6H,15H2,1H3,(H,16,18). The van der Waals surface area contributed by atoms with Crippen LogP contribution in [0.4, 0.5) is 15.8 Å². The molecule has 0 radical (unpaired) electrons. The summed E-state index contributed by atoms with van der Waals surface area (Å²) in [6, 6.07) is 5.61. The number of halogens is 2. The molecule has 2 aromatic rings. The molecular formula is C12H11ClFN3O. The highest BCUT2D eigenvalue weighted by atomic mass is 35.5. The van der Waals surface area contributed by atoms with Crippen molar-refractivity contribution in [1.29, 1.82) is 0 Å². The zero-order valence-corrected chi connectivity index (χ0v) is 10.3. The molecule has 0 bridgehead atoms. The number of hydrogen-bond acceptors (Lipinski definition) is 2. The molecule has 2 rings (SSSR count). The van der Waals surface area contributed by atoms with Crippen LogP contribution in [-0.2, 0) is 7.05 Å². The van der Waals surface area contributed by atoms with Crippen molar-refractivity contribution in [2.45, 2.75) is 0 Å². The zero-order valence-electron chi connectivity index (χ0n) is 9.58. The van der Waals surface area contributed by atoms with Crippen molar-refractivity contribution in [3.63, 3.8) is 0 Å². The van der Waals surface area contributed by atoms with Crippen LogP contribution in [0.1, 0.15) is 10.5 Å².